The second kappa shape index (κ2) is 4.34. The fourth-order valence-corrected chi connectivity index (χ4v) is 3.19. The standard InChI is InChI=1S/C15H21NO/c16-15(7-2-1-3-8-15)11-12-4-5-14-13(10-12)6-9-17-14/h4-5,10H,1-3,6-9,11,16H2. The van der Waals surface area contributed by atoms with E-state index in [9.17, 15) is 0 Å². The number of nitrogens with two attached hydrogens (primary N) is 1. The molecule has 2 nitrogen and oxygen atoms in total. The third-order valence-corrected chi connectivity index (χ3v) is 4.16. The molecule has 92 valence electrons. The van der Waals surface area contributed by atoms with E-state index in [1.54, 1.807) is 0 Å². The molecule has 0 radical (unpaired) electrons. The number of rotatable bonds is 2. The van der Waals surface area contributed by atoms with Crippen LogP contribution in [0.5, 0.6) is 5.75 Å². The fourth-order valence-electron chi connectivity index (χ4n) is 3.19. The molecule has 2 heteroatoms. The first-order valence-electron chi connectivity index (χ1n) is 6.79. The Hall–Kier alpha value is -1.02. The summed E-state index contributed by atoms with van der Waals surface area (Å²) in [6.45, 7) is 0.840. The van der Waals surface area contributed by atoms with Crippen LogP contribution in [0.25, 0.3) is 0 Å². The van der Waals surface area contributed by atoms with Crippen LogP contribution in [-0.4, -0.2) is 12.1 Å². The molecule has 0 spiro atoms. The van der Waals surface area contributed by atoms with E-state index in [1.165, 1.54) is 43.2 Å². The lowest BCUT2D eigenvalue weighted by molar-refractivity contribution is 0.294. The van der Waals surface area contributed by atoms with Gasteiger partial charge in [-0.25, -0.2) is 0 Å². The molecule has 0 atom stereocenters. The highest BCUT2D eigenvalue weighted by molar-refractivity contribution is 5.40. The van der Waals surface area contributed by atoms with Gasteiger partial charge in [0.2, 0.25) is 0 Å². The Bertz CT molecular complexity index is 407. The van der Waals surface area contributed by atoms with E-state index in [0.29, 0.717) is 0 Å². The maximum atomic E-state index is 6.51. The lowest BCUT2D eigenvalue weighted by Gasteiger charge is -2.33. The second-order valence-corrected chi connectivity index (χ2v) is 5.64. The van der Waals surface area contributed by atoms with Gasteiger partial charge >= 0.3 is 0 Å². The third kappa shape index (κ3) is 2.32. The van der Waals surface area contributed by atoms with Gasteiger partial charge in [-0.2, -0.15) is 0 Å². The predicted molar refractivity (Wildman–Crippen MR) is 69.3 cm³/mol. The fraction of sp³-hybridized carbons (Fsp3) is 0.600. The molecule has 1 heterocycles. The van der Waals surface area contributed by atoms with Crippen molar-refractivity contribution in [2.24, 2.45) is 5.73 Å². The zero-order chi connectivity index (χ0) is 11.7. The minimum Gasteiger partial charge on any atom is -0.493 e. The van der Waals surface area contributed by atoms with E-state index in [1.807, 2.05) is 0 Å². The SMILES string of the molecule is NC1(Cc2ccc3c(c2)CCO3)CCCCC1. The smallest absolute Gasteiger partial charge is 0.122 e. The molecule has 0 unspecified atom stereocenters. The molecule has 0 saturated heterocycles. The minimum absolute atomic E-state index is 0.0476. The maximum Gasteiger partial charge on any atom is 0.122 e. The van der Waals surface area contributed by atoms with Gasteiger partial charge in [-0.15, -0.1) is 0 Å². The topological polar surface area (TPSA) is 35.2 Å². The van der Waals surface area contributed by atoms with Crippen LogP contribution in [0.1, 0.15) is 43.2 Å². The summed E-state index contributed by atoms with van der Waals surface area (Å²) in [5, 5.41) is 0. The Morgan fingerprint density at radius 2 is 2.00 bits per heavy atom. The average Bonchev–Trinajstić information content (AvgIpc) is 2.76. The zero-order valence-electron chi connectivity index (χ0n) is 10.4. The van der Waals surface area contributed by atoms with Crippen LogP contribution < -0.4 is 10.5 Å². The Morgan fingerprint density at radius 3 is 2.82 bits per heavy atom. The maximum absolute atomic E-state index is 6.51. The molecule has 0 bridgehead atoms. The number of fused-ring (bicyclic) bond motifs is 1. The number of ether oxygens (including phenoxy) is 1. The summed E-state index contributed by atoms with van der Waals surface area (Å²) in [4.78, 5) is 0. The van der Waals surface area contributed by atoms with Crippen molar-refractivity contribution < 1.29 is 4.74 Å². The molecule has 1 fully saturated rings. The summed E-state index contributed by atoms with van der Waals surface area (Å²) in [6, 6.07) is 6.60. The zero-order valence-corrected chi connectivity index (χ0v) is 10.4. The summed E-state index contributed by atoms with van der Waals surface area (Å²) in [6.07, 6.45) is 8.40. The van der Waals surface area contributed by atoms with Crippen molar-refractivity contribution in [1.29, 1.82) is 0 Å². The third-order valence-electron chi connectivity index (χ3n) is 4.16. The quantitative estimate of drug-likeness (QED) is 0.849. The second-order valence-electron chi connectivity index (χ2n) is 5.64. The molecule has 1 saturated carbocycles. The van der Waals surface area contributed by atoms with Crippen LogP contribution in [0, 0.1) is 0 Å². The summed E-state index contributed by atoms with van der Waals surface area (Å²) < 4.78 is 5.54. The number of hydrogen-bond donors (Lipinski definition) is 1. The summed E-state index contributed by atoms with van der Waals surface area (Å²) in [7, 11) is 0. The molecule has 0 amide bonds. The van der Waals surface area contributed by atoms with Crippen LogP contribution in [0.15, 0.2) is 18.2 Å². The van der Waals surface area contributed by atoms with Gasteiger partial charge in [0.15, 0.2) is 0 Å². The molecule has 17 heavy (non-hydrogen) atoms. The van der Waals surface area contributed by atoms with E-state index in [0.717, 1.165) is 25.2 Å². The first kappa shape index (κ1) is 11.1. The van der Waals surface area contributed by atoms with Gasteiger partial charge in [0.25, 0.3) is 0 Å². The van der Waals surface area contributed by atoms with Crippen molar-refractivity contribution in [3.05, 3.63) is 29.3 Å². The Morgan fingerprint density at radius 1 is 1.18 bits per heavy atom. The molecule has 0 aromatic heterocycles. The van der Waals surface area contributed by atoms with E-state index in [4.69, 9.17) is 10.5 Å². The highest BCUT2D eigenvalue weighted by Gasteiger charge is 2.27. The van der Waals surface area contributed by atoms with Crippen LogP contribution in [0.2, 0.25) is 0 Å². The van der Waals surface area contributed by atoms with Crippen LogP contribution in [0.3, 0.4) is 0 Å². The van der Waals surface area contributed by atoms with Crippen molar-refractivity contribution in [2.45, 2.75) is 50.5 Å². The molecule has 2 aliphatic rings. The molecule has 1 aromatic carbocycles. The van der Waals surface area contributed by atoms with E-state index < -0.39 is 0 Å². The summed E-state index contributed by atoms with van der Waals surface area (Å²) in [5.74, 6) is 1.07. The van der Waals surface area contributed by atoms with E-state index >= 15 is 0 Å². The largest absolute Gasteiger partial charge is 0.493 e. The van der Waals surface area contributed by atoms with Crippen molar-refractivity contribution >= 4 is 0 Å². The lowest BCUT2D eigenvalue weighted by atomic mass is 9.78. The number of benzene rings is 1. The van der Waals surface area contributed by atoms with Gasteiger partial charge in [0, 0.05) is 12.0 Å². The highest BCUT2D eigenvalue weighted by Crippen LogP contribution is 2.31. The van der Waals surface area contributed by atoms with Crippen LogP contribution in [0.4, 0.5) is 0 Å². The molecule has 1 aromatic rings. The van der Waals surface area contributed by atoms with Gasteiger partial charge in [-0.3, -0.25) is 0 Å². The lowest BCUT2D eigenvalue weighted by Crippen LogP contribution is -2.43. The molecule has 1 aliphatic heterocycles. The van der Waals surface area contributed by atoms with E-state index in [-0.39, 0.29) is 5.54 Å². The molecule has 2 N–H and O–H groups in total. The first-order chi connectivity index (χ1) is 8.25. The van der Waals surface area contributed by atoms with Gasteiger partial charge in [-0.1, -0.05) is 31.4 Å². The van der Waals surface area contributed by atoms with Crippen molar-refractivity contribution in [2.75, 3.05) is 6.61 Å². The molecule has 1 aliphatic carbocycles. The van der Waals surface area contributed by atoms with Gasteiger partial charge < -0.3 is 10.5 Å². The van der Waals surface area contributed by atoms with Crippen molar-refractivity contribution in [3.63, 3.8) is 0 Å². The van der Waals surface area contributed by atoms with Crippen LogP contribution >= 0.6 is 0 Å². The van der Waals surface area contributed by atoms with Gasteiger partial charge in [-0.05, 0) is 36.5 Å². The predicted octanol–water partition coefficient (Wildman–Crippen LogP) is 2.83. The molecular formula is C15H21NO. The average molecular weight is 231 g/mol. The van der Waals surface area contributed by atoms with Gasteiger partial charge in [0.05, 0.1) is 6.61 Å². The molecular weight excluding hydrogens is 210 g/mol. The Labute approximate surface area is 103 Å². The van der Waals surface area contributed by atoms with Crippen molar-refractivity contribution in [1.82, 2.24) is 0 Å². The molecule has 3 rings (SSSR count). The highest BCUT2D eigenvalue weighted by atomic mass is 16.5. The minimum atomic E-state index is 0.0476. The Balaban J connectivity index is 1.76. The van der Waals surface area contributed by atoms with Gasteiger partial charge in [0.1, 0.15) is 5.75 Å². The van der Waals surface area contributed by atoms with Crippen molar-refractivity contribution in [3.8, 4) is 5.75 Å². The summed E-state index contributed by atoms with van der Waals surface area (Å²) in [5.41, 5.74) is 9.30. The Kier molecular flexibility index (Phi) is 2.83. The van der Waals surface area contributed by atoms with E-state index in [2.05, 4.69) is 18.2 Å². The first-order valence-corrected chi connectivity index (χ1v) is 6.79. The normalized spacial score (nSPS) is 21.9. The summed E-state index contributed by atoms with van der Waals surface area (Å²) >= 11 is 0. The number of hydrogen-bond acceptors (Lipinski definition) is 2. The monoisotopic (exact) mass is 231 g/mol. The van der Waals surface area contributed by atoms with Crippen LogP contribution in [-0.2, 0) is 12.8 Å².